The number of hydrogen-bond acceptors (Lipinski definition) is 4. The number of nitrogens with one attached hydrogen (secondary N) is 3. The lowest BCUT2D eigenvalue weighted by Gasteiger charge is -2.19. The topological polar surface area (TPSA) is 83.1 Å². The SMILES string of the molecule is O=C(CNC(=O)Nc1ncc(C2CCCCC2)s1)NCC(F)F. The van der Waals surface area contributed by atoms with Crippen LogP contribution in [0.3, 0.4) is 0 Å². The highest BCUT2D eigenvalue weighted by Gasteiger charge is 2.18. The number of amides is 3. The van der Waals surface area contributed by atoms with Crippen LogP contribution in [0.25, 0.3) is 0 Å². The van der Waals surface area contributed by atoms with Gasteiger partial charge < -0.3 is 10.6 Å². The maximum absolute atomic E-state index is 11.9. The second kappa shape index (κ2) is 8.76. The number of carbonyl (C=O) groups is 2. The van der Waals surface area contributed by atoms with Crippen molar-refractivity contribution in [2.75, 3.05) is 18.4 Å². The maximum atomic E-state index is 11.9. The van der Waals surface area contributed by atoms with Crippen LogP contribution in [0, 0.1) is 0 Å². The number of thiazole rings is 1. The molecule has 128 valence electrons. The average molecular weight is 346 g/mol. The predicted molar refractivity (Wildman–Crippen MR) is 84.0 cm³/mol. The van der Waals surface area contributed by atoms with Gasteiger partial charge in [-0.2, -0.15) is 0 Å². The number of alkyl halides is 2. The van der Waals surface area contributed by atoms with Crippen LogP contribution in [0.4, 0.5) is 18.7 Å². The van der Waals surface area contributed by atoms with Gasteiger partial charge in [-0.05, 0) is 18.8 Å². The van der Waals surface area contributed by atoms with Gasteiger partial charge in [0.15, 0.2) is 5.13 Å². The molecule has 1 aromatic rings. The molecule has 0 saturated heterocycles. The Labute approximate surface area is 137 Å². The first kappa shape index (κ1) is 17.6. The van der Waals surface area contributed by atoms with Crippen molar-refractivity contribution in [3.8, 4) is 0 Å². The molecular weight excluding hydrogens is 326 g/mol. The zero-order chi connectivity index (χ0) is 16.7. The van der Waals surface area contributed by atoms with Gasteiger partial charge in [0, 0.05) is 11.1 Å². The Morgan fingerprint density at radius 3 is 2.70 bits per heavy atom. The van der Waals surface area contributed by atoms with Crippen LogP contribution in [-0.4, -0.2) is 36.4 Å². The normalized spacial score (nSPS) is 15.4. The molecule has 0 spiro atoms. The molecule has 1 aliphatic rings. The van der Waals surface area contributed by atoms with E-state index in [4.69, 9.17) is 0 Å². The van der Waals surface area contributed by atoms with Crippen LogP contribution in [0.2, 0.25) is 0 Å². The minimum atomic E-state index is -2.61. The Balaban J connectivity index is 1.72. The van der Waals surface area contributed by atoms with E-state index in [2.05, 4.69) is 15.6 Å². The fourth-order valence-electron chi connectivity index (χ4n) is 2.48. The predicted octanol–water partition coefficient (Wildman–Crippen LogP) is 2.69. The highest BCUT2D eigenvalue weighted by Crippen LogP contribution is 2.36. The monoisotopic (exact) mass is 346 g/mol. The fraction of sp³-hybridized carbons (Fsp3) is 0.643. The summed E-state index contributed by atoms with van der Waals surface area (Å²) >= 11 is 1.43. The van der Waals surface area contributed by atoms with Crippen LogP contribution >= 0.6 is 11.3 Å². The van der Waals surface area contributed by atoms with E-state index in [1.54, 1.807) is 6.20 Å². The Kier molecular flexibility index (Phi) is 6.69. The van der Waals surface area contributed by atoms with Gasteiger partial charge in [-0.1, -0.05) is 19.3 Å². The van der Waals surface area contributed by atoms with Gasteiger partial charge in [-0.15, -0.1) is 11.3 Å². The summed E-state index contributed by atoms with van der Waals surface area (Å²) in [5.74, 6) is -0.150. The second-order valence-corrected chi connectivity index (χ2v) is 6.47. The van der Waals surface area contributed by atoms with E-state index in [0.29, 0.717) is 11.0 Å². The van der Waals surface area contributed by atoms with E-state index in [1.807, 2.05) is 5.32 Å². The maximum Gasteiger partial charge on any atom is 0.321 e. The number of aromatic nitrogens is 1. The molecule has 2 rings (SSSR count). The number of anilines is 1. The molecule has 1 aromatic heterocycles. The molecular formula is C14H20F2N4O2S. The molecule has 0 bridgehead atoms. The molecule has 3 N–H and O–H groups in total. The zero-order valence-electron chi connectivity index (χ0n) is 12.6. The first-order valence-electron chi connectivity index (χ1n) is 7.60. The van der Waals surface area contributed by atoms with E-state index in [-0.39, 0.29) is 6.54 Å². The number of rotatable bonds is 6. The van der Waals surface area contributed by atoms with Gasteiger partial charge in [0.1, 0.15) is 0 Å². The molecule has 0 aromatic carbocycles. The number of carbonyl (C=O) groups excluding carboxylic acids is 2. The summed E-state index contributed by atoms with van der Waals surface area (Å²) in [4.78, 5) is 28.2. The van der Waals surface area contributed by atoms with E-state index in [9.17, 15) is 18.4 Å². The number of urea groups is 1. The van der Waals surface area contributed by atoms with Gasteiger partial charge in [-0.25, -0.2) is 18.6 Å². The smallest absolute Gasteiger partial charge is 0.321 e. The molecule has 6 nitrogen and oxygen atoms in total. The standard InChI is InChI=1S/C14H20F2N4O2S/c15-11(16)7-17-12(21)8-18-13(22)20-14-19-6-10(23-14)9-4-2-1-3-5-9/h6,9,11H,1-5,7-8H2,(H,17,21)(H2,18,19,20,22). The van der Waals surface area contributed by atoms with Gasteiger partial charge in [-0.3, -0.25) is 10.1 Å². The number of halogens is 2. The Bertz CT molecular complexity index is 533. The van der Waals surface area contributed by atoms with Crippen molar-refractivity contribution in [3.05, 3.63) is 11.1 Å². The Morgan fingerprint density at radius 1 is 1.26 bits per heavy atom. The lowest BCUT2D eigenvalue weighted by atomic mass is 9.89. The molecule has 0 aliphatic heterocycles. The molecule has 0 atom stereocenters. The van der Waals surface area contributed by atoms with E-state index >= 15 is 0 Å². The zero-order valence-corrected chi connectivity index (χ0v) is 13.4. The van der Waals surface area contributed by atoms with Crippen molar-refractivity contribution < 1.29 is 18.4 Å². The summed E-state index contributed by atoms with van der Waals surface area (Å²) in [6.07, 6.45) is 5.19. The average Bonchev–Trinajstić information content (AvgIpc) is 3.00. The molecule has 23 heavy (non-hydrogen) atoms. The summed E-state index contributed by atoms with van der Waals surface area (Å²) < 4.78 is 23.8. The van der Waals surface area contributed by atoms with Crippen LogP contribution in [0.5, 0.6) is 0 Å². The van der Waals surface area contributed by atoms with Crippen molar-refractivity contribution in [2.24, 2.45) is 0 Å². The lowest BCUT2D eigenvalue weighted by molar-refractivity contribution is -0.120. The van der Waals surface area contributed by atoms with E-state index in [1.165, 1.54) is 30.6 Å². The molecule has 3 amide bonds. The third-order valence-electron chi connectivity index (χ3n) is 3.61. The van der Waals surface area contributed by atoms with Crippen LogP contribution in [0.15, 0.2) is 6.20 Å². The summed E-state index contributed by atoms with van der Waals surface area (Å²) in [5, 5.41) is 7.33. The molecule has 0 unspecified atom stereocenters. The third-order valence-corrected chi connectivity index (χ3v) is 4.69. The summed E-state index contributed by atoms with van der Waals surface area (Å²) in [5.41, 5.74) is 0. The molecule has 9 heteroatoms. The van der Waals surface area contributed by atoms with Crippen molar-refractivity contribution in [3.63, 3.8) is 0 Å². The first-order chi connectivity index (χ1) is 11.0. The van der Waals surface area contributed by atoms with Crippen molar-refractivity contribution in [1.82, 2.24) is 15.6 Å². The van der Waals surface area contributed by atoms with Gasteiger partial charge >= 0.3 is 6.03 Å². The van der Waals surface area contributed by atoms with Crippen molar-refractivity contribution >= 4 is 28.4 Å². The van der Waals surface area contributed by atoms with Crippen LogP contribution < -0.4 is 16.0 Å². The molecule has 1 heterocycles. The van der Waals surface area contributed by atoms with Gasteiger partial charge in [0.2, 0.25) is 5.91 Å². The third kappa shape index (κ3) is 6.09. The quantitative estimate of drug-likeness (QED) is 0.740. The highest BCUT2D eigenvalue weighted by atomic mass is 32.1. The minimum absolute atomic E-state index is 0.362. The van der Waals surface area contributed by atoms with Crippen LogP contribution in [-0.2, 0) is 4.79 Å². The van der Waals surface area contributed by atoms with Crippen LogP contribution in [0.1, 0.15) is 42.9 Å². The minimum Gasteiger partial charge on any atom is -0.349 e. The largest absolute Gasteiger partial charge is 0.349 e. The summed E-state index contributed by atoms with van der Waals surface area (Å²) in [6.45, 7) is -1.08. The molecule has 1 aliphatic carbocycles. The molecule has 1 saturated carbocycles. The molecule has 1 fully saturated rings. The van der Waals surface area contributed by atoms with Gasteiger partial charge in [0.05, 0.1) is 13.1 Å². The Morgan fingerprint density at radius 2 is 2.00 bits per heavy atom. The van der Waals surface area contributed by atoms with Crippen molar-refractivity contribution in [2.45, 2.75) is 44.4 Å². The summed E-state index contributed by atoms with van der Waals surface area (Å²) in [7, 11) is 0. The van der Waals surface area contributed by atoms with Crippen molar-refractivity contribution in [1.29, 1.82) is 0 Å². The number of nitrogens with zero attached hydrogens (tertiary/aromatic N) is 1. The fourth-order valence-corrected chi connectivity index (χ4v) is 3.46. The Hall–Kier alpha value is -1.77. The number of hydrogen-bond donors (Lipinski definition) is 3. The van der Waals surface area contributed by atoms with E-state index < -0.39 is 24.9 Å². The first-order valence-corrected chi connectivity index (χ1v) is 8.41. The molecule has 0 radical (unpaired) electrons. The van der Waals surface area contributed by atoms with E-state index in [0.717, 1.165) is 17.7 Å². The second-order valence-electron chi connectivity index (χ2n) is 5.41. The highest BCUT2D eigenvalue weighted by molar-refractivity contribution is 7.15. The summed E-state index contributed by atoms with van der Waals surface area (Å²) in [6, 6.07) is -0.582. The lowest BCUT2D eigenvalue weighted by Crippen LogP contribution is -2.40. The van der Waals surface area contributed by atoms with Gasteiger partial charge in [0.25, 0.3) is 6.43 Å².